The third kappa shape index (κ3) is 5.69. The predicted octanol–water partition coefficient (Wildman–Crippen LogP) is 3.43. The van der Waals surface area contributed by atoms with E-state index in [0.717, 1.165) is 19.5 Å². The quantitative estimate of drug-likeness (QED) is 0.849. The summed E-state index contributed by atoms with van der Waals surface area (Å²) in [5, 5.41) is 3.50. The summed E-state index contributed by atoms with van der Waals surface area (Å²) in [5.41, 5.74) is 0.0872. The summed E-state index contributed by atoms with van der Waals surface area (Å²) in [5.74, 6) is 0. The van der Waals surface area contributed by atoms with Crippen molar-refractivity contribution in [2.75, 3.05) is 19.6 Å². The first kappa shape index (κ1) is 16.8. The number of piperazine rings is 1. The summed E-state index contributed by atoms with van der Waals surface area (Å²) in [6, 6.07) is 0.716. The Labute approximate surface area is 114 Å². The Morgan fingerprint density at radius 2 is 1.84 bits per heavy atom. The Kier molecular flexibility index (Phi) is 5.68. The first-order valence-corrected chi connectivity index (χ1v) is 7.17. The molecule has 0 spiro atoms. The summed E-state index contributed by atoms with van der Waals surface area (Å²) < 4.78 is 36.8. The second-order valence-corrected chi connectivity index (χ2v) is 6.61. The normalized spacial score (nSPS) is 26.7. The van der Waals surface area contributed by atoms with Gasteiger partial charge in [0.05, 0.1) is 0 Å². The van der Waals surface area contributed by atoms with Crippen LogP contribution < -0.4 is 5.32 Å². The number of hydrogen-bond acceptors (Lipinski definition) is 2. The fourth-order valence-corrected chi connectivity index (χ4v) is 2.74. The first-order valence-electron chi connectivity index (χ1n) is 7.17. The van der Waals surface area contributed by atoms with Gasteiger partial charge in [0.25, 0.3) is 0 Å². The van der Waals surface area contributed by atoms with E-state index in [0.29, 0.717) is 18.6 Å². The maximum atomic E-state index is 12.3. The molecule has 0 saturated carbocycles. The first-order chi connectivity index (χ1) is 8.63. The summed E-state index contributed by atoms with van der Waals surface area (Å²) >= 11 is 0. The van der Waals surface area contributed by atoms with Crippen LogP contribution in [0.3, 0.4) is 0 Å². The van der Waals surface area contributed by atoms with E-state index in [2.05, 4.69) is 37.9 Å². The van der Waals surface area contributed by atoms with Gasteiger partial charge >= 0.3 is 6.18 Å². The number of rotatable bonds is 4. The Morgan fingerprint density at radius 3 is 2.32 bits per heavy atom. The van der Waals surface area contributed by atoms with E-state index < -0.39 is 12.6 Å². The molecule has 2 unspecified atom stereocenters. The average Bonchev–Trinajstić information content (AvgIpc) is 2.25. The highest BCUT2D eigenvalue weighted by Crippen LogP contribution is 2.28. The third-order valence-electron chi connectivity index (χ3n) is 3.89. The Balaban J connectivity index is 2.56. The molecular weight excluding hydrogens is 253 g/mol. The van der Waals surface area contributed by atoms with Gasteiger partial charge in [0.15, 0.2) is 0 Å². The molecule has 0 amide bonds. The molecule has 1 N–H and O–H groups in total. The van der Waals surface area contributed by atoms with Crippen molar-refractivity contribution in [3.8, 4) is 0 Å². The minimum absolute atomic E-state index is 0.0872. The fourth-order valence-electron chi connectivity index (χ4n) is 2.74. The Hall–Kier alpha value is -0.290. The van der Waals surface area contributed by atoms with E-state index in [1.807, 2.05) is 0 Å². The molecule has 1 fully saturated rings. The molecule has 114 valence electrons. The van der Waals surface area contributed by atoms with Gasteiger partial charge in [-0.2, -0.15) is 13.2 Å². The molecule has 0 aromatic heterocycles. The van der Waals surface area contributed by atoms with Crippen molar-refractivity contribution in [3.05, 3.63) is 0 Å². The van der Waals surface area contributed by atoms with Gasteiger partial charge < -0.3 is 5.32 Å². The SMILES string of the molecule is CCC1CN(CCCC(F)(F)F)C(C(C)(C)C)CN1. The van der Waals surface area contributed by atoms with Gasteiger partial charge in [-0.1, -0.05) is 27.7 Å². The van der Waals surface area contributed by atoms with Crippen LogP contribution in [0.25, 0.3) is 0 Å². The molecule has 0 bridgehead atoms. The minimum Gasteiger partial charge on any atom is -0.311 e. The van der Waals surface area contributed by atoms with Crippen LogP contribution in [0.1, 0.15) is 47.0 Å². The van der Waals surface area contributed by atoms with Crippen molar-refractivity contribution in [2.24, 2.45) is 5.41 Å². The zero-order valence-corrected chi connectivity index (χ0v) is 12.5. The van der Waals surface area contributed by atoms with E-state index in [1.165, 1.54) is 0 Å². The van der Waals surface area contributed by atoms with Crippen molar-refractivity contribution >= 4 is 0 Å². The monoisotopic (exact) mass is 280 g/mol. The van der Waals surface area contributed by atoms with Gasteiger partial charge in [0.1, 0.15) is 0 Å². The zero-order chi connectivity index (χ0) is 14.7. The van der Waals surface area contributed by atoms with E-state index in [-0.39, 0.29) is 11.8 Å². The van der Waals surface area contributed by atoms with E-state index in [9.17, 15) is 13.2 Å². The smallest absolute Gasteiger partial charge is 0.311 e. The molecule has 0 aromatic rings. The van der Waals surface area contributed by atoms with Gasteiger partial charge in [-0.15, -0.1) is 0 Å². The highest BCUT2D eigenvalue weighted by atomic mass is 19.4. The highest BCUT2D eigenvalue weighted by molar-refractivity contribution is 4.92. The molecule has 1 aliphatic rings. The summed E-state index contributed by atoms with van der Waals surface area (Å²) in [4.78, 5) is 2.25. The number of alkyl halides is 3. The van der Waals surface area contributed by atoms with Crippen LogP contribution in [0.2, 0.25) is 0 Å². The molecule has 1 saturated heterocycles. The lowest BCUT2D eigenvalue weighted by molar-refractivity contribution is -0.136. The molecule has 2 atom stereocenters. The van der Waals surface area contributed by atoms with E-state index >= 15 is 0 Å². The standard InChI is InChI=1S/C14H27F3N2/c1-5-11-10-19(8-6-7-14(15,16)17)12(9-18-11)13(2,3)4/h11-12,18H,5-10H2,1-4H3. The summed E-state index contributed by atoms with van der Waals surface area (Å²) in [6.45, 7) is 10.8. The Bertz CT molecular complexity index is 271. The van der Waals surface area contributed by atoms with Gasteiger partial charge in [0, 0.05) is 31.6 Å². The second kappa shape index (κ2) is 6.44. The number of nitrogens with one attached hydrogen (secondary N) is 1. The van der Waals surface area contributed by atoms with Crippen LogP contribution in [0, 0.1) is 5.41 Å². The topological polar surface area (TPSA) is 15.3 Å². The zero-order valence-electron chi connectivity index (χ0n) is 12.5. The van der Waals surface area contributed by atoms with Crippen LogP contribution in [-0.2, 0) is 0 Å². The van der Waals surface area contributed by atoms with Gasteiger partial charge in [-0.25, -0.2) is 0 Å². The van der Waals surface area contributed by atoms with Crippen LogP contribution in [-0.4, -0.2) is 42.8 Å². The van der Waals surface area contributed by atoms with Crippen LogP contribution >= 0.6 is 0 Å². The maximum absolute atomic E-state index is 12.3. The van der Waals surface area contributed by atoms with Crippen LogP contribution in [0.5, 0.6) is 0 Å². The molecular formula is C14H27F3N2. The molecule has 19 heavy (non-hydrogen) atoms. The van der Waals surface area contributed by atoms with Gasteiger partial charge in [-0.3, -0.25) is 4.90 Å². The number of hydrogen-bond donors (Lipinski definition) is 1. The summed E-state index contributed by atoms with van der Waals surface area (Å²) in [7, 11) is 0. The van der Waals surface area contributed by atoms with E-state index in [4.69, 9.17) is 0 Å². The number of nitrogens with zero attached hydrogens (tertiary/aromatic N) is 1. The molecule has 1 aliphatic heterocycles. The Morgan fingerprint density at radius 1 is 1.21 bits per heavy atom. The van der Waals surface area contributed by atoms with Crippen molar-refractivity contribution in [1.29, 1.82) is 0 Å². The maximum Gasteiger partial charge on any atom is 0.389 e. The molecule has 0 aromatic carbocycles. The third-order valence-corrected chi connectivity index (χ3v) is 3.89. The van der Waals surface area contributed by atoms with Gasteiger partial charge in [0.2, 0.25) is 0 Å². The predicted molar refractivity (Wildman–Crippen MR) is 72.2 cm³/mol. The molecule has 5 heteroatoms. The lowest BCUT2D eigenvalue weighted by Crippen LogP contribution is -2.60. The second-order valence-electron chi connectivity index (χ2n) is 6.61. The molecule has 0 radical (unpaired) electrons. The minimum atomic E-state index is -4.03. The molecule has 1 heterocycles. The van der Waals surface area contributed by atoms with E-state index in [1.54, 1.807) is 0 Å². The lowest BCUT2D eigenvalue weighted by atomic mass is 9.83. The molecule has 1 rings (SSSR count). The summed E-state index contributed by atoms with van der Waals surface area (Å²) in [6.07, 6.45) is -3.49. The fraction of sp³-hybridized carbons (Fsp3) is 1.00. The van der Waals surface area contributed by atoms with Crippen molar-refractivity contribution in [3.63, 3.8) is 0 Å². The van der Waals surface area contributed by atoms with Crippen molar-refractivity contribution < 1.29 is 13.2 Å². The highest BCUT2D eigenvalue weighted by Gasteiger charge is 2.35. The van der Waals surface area contributed by atoms with Gasteiger partial charge in [-0.05, 0) is 24.8 Å². The van der Waals surface area contributed by atoms with Crippen LogP contribution in [0.4, 0.5) is 13.2 Å². The van der Waals surface area contributed by atoms with Crippen molar-refractivity contribution in [1.82, 2.24) is 10.2 Å². The average molecular weight is 280 g/mol. The number of halogens is 3. The molecule has 0 aliphatic carbocycles. The molecule has 2 nitrogen and oxygen atoms in total. The largest absolute Gasteiger partial charge is 0.389 e. The van der Waals surface area contributed by atoms with Crippen molar-refractivity contribution in [2.45, 2.75) is 65.2 Å². The van der Waals surface area contributed by atoms with Crippen LogP contribution in [0.15, 0.2) is 0 Å². The lowest BCUT2D eigenvalue weighted by Gasteiger charge is -2.46.